The van der Waals surface area contributed by atoms with E-state index in [0.717, 1.165) is 18.2 Å². The summed E-state index contributed by atoms with van der Waals surface area (Å²) in [6, 6.07) is 8.99. The molecule has 1 amide bonds. The molecule has 3 aromatic rings. The van der Waals surface area contributed by atoms with E-state index in [2.05, 4.69) is 16.9 Å². The molecule has 162 valence electrons. The van der Waals surface area contributed by atoms with Gasteiger partial charge in [-0.3, -0.25) is 9.78 Å². The lowest BCUT2D eigenvalue weighted by atomic mass is 9.96. The highest BCUT2D eigenvalue weighted by atomic mass is 19.4. The van der Waals surface area contributed by atoms with Gasteiger partial charge in [-0.15, -0.1) is 0 Å². The van der Waals surface area contributed by atoms with Crippen LogP contribution in [0.2, 0.25) is 0 Å². The molecule has 9 heteroatoms. The summed E-state index contributed by atoms with van der Waals surface area (Å²) in [7, 11) is 0. The summed E-state index contributed by atoms with van der Waals surface area (Å²) in [6.45, 7) is 2.81. The van der Waals surface area contributed by atoms with Gasteiger partial charge in [0.2, 0.25) is 5.91 Å². The molecule has 0 saturated carbocycles. The molecule has 1 atom stereocenters. The Kier molecular flexibility index (Phi) is 6.57. The second-order valence-corrected chi connectivity index (χ2v) is 6.59. The second-order valence-electron chi connectivity index (χ2n) is 6.59. The zero-order valence-electron chi connectivity index (χ0n) is 16.2. The molecular weight excluding hydrogens is 413 g/mol. The maximum absolute atomic E-state index is 12.8. The monoisotopic (exact) mass is 432 g/mol. The predicted octanol–water partition coefficient (Wildman–Crippen LogP) is 3.87. The number of hydrogen-bond donors (Lipinski definition) is 3. The van der Waals surface area contributed by atoms with Gasteiger partial charge in [-0.25, -0.2) is 0 Å². The van der Waals surface area contributed by atoms with Crippen molar-refractivity contribution >= 4 is 16.8 Å². The zero-order chi connectivity index (χ0) is 22.6. The Morgan fingerprint density at radius 3 is 2.58 bits per heavy atom. The molecular formula is C22H19F3N2O4. The number of benzene rings is 2. The Morgan fingerprint density at radius 2 is 1.97 bits per heavy atom. The normalized spacial score (nSPS) is 12.4. The van der Waals surface area contributed by atoms with Crippen LogP contribution >= 0.6 is 0 Å². The SMILES string of the molecule is C=CC(=O)NCc1cc(Oc2ccc(C(F)(F)F)cc2)c2ncccc2c1[C@@H](O)CO. The Balaban J connectivity index is 2.08. The molecule has 0 aliphatic heterocycles. The molecule has 3 N–H and O–H groups in total. The first kappa shape index (κ1) is 22.3. The maximum atomic E-state index is 12.8. The van der Waals surface area contributed by atoms with Crippen LogP contribution in [0.1, 0.15) is 22.8 Å². The van der Waals surface area contributed by atoms with E-state index in [1.165, 1.54) is 24.4 Å². The number of fused-ring (bicyclic) bond motifs is 1. The number of nitrogens with one attached hydrogen (secondary N) is 1. The smallest absolute Gasteiger partial charge is 0.416 e. The molecule has 1 heterocycles. The zero-order valence-corrected chi connectivity index (χ0v) is 16.2. The number of hydrogen-bond acceptors (Lipinski definition) is 5. The second kappa shape index (κ2) is 9.15. The minimum absolute atomic E-state index is 0.00848. The number of alkyl halides is 3. The first-order valence-electron chi connectivity index (χ1n) is 9.19. The fraction of sp³-hybridized carbons (Fsp3) is 0.182. The predicted molar refractivity (Wildman–Crippen MR) is 107 cm³/mol. The van der Waals surface area contributed by atoms with Gasteiger partial charge in [0.05, 0.1) is 12.2 Å². The third kappa shape index (κ3) is 5.01. The molecule has 0 aliphatic rings. The summed E-state index contributed by atoms with van der Waals surface area (Å²) in [5.74, 6) is -0.0792. The Morgan fingerprint density at radius 1 is 1.26 bits per heavy atom. The number of ether oxygens (including phenoxy) is 1. The molecule has 0 radical (unpaired) electrons. The lowest BCUT2D eigenvalue weighted by molar-refractivity contribution is -0.137. The van der Waals surface area contributed by atoms with Gasteiger partial charge in [0.15, 0.2) is 5.75 Å². The molecule has 0 bridgehead atoms. The van der Waals surface area contributed by atoms with Crippen LogP contribution in [-0.2, 0) is 17.5 Å². The van der Waals surface area contributed by atoms with Crippen LogP contribution in [-0.4, -0.2) is 27.7 Å². The average Bonchev–Trinajstić information content (AvgIpc) is 2.76. The summed E-state index contributed by atoms with van der Waals surface area (Å²) >= 11 is 0. The number of aromatic nitrogens is 1. The van der Waals surface area contributed by atoms with Crippen molar-refractivity contribution in [2.75, 3.05) is 6.61 Å². The molecule has 0 fully saturated rings. The third-order valence-corrected chi connectivity index (χ3v) is 4.54. The van der Waals surface area contributed by atoms with Crippen LogP contribution in [0.5, 0.6) is 11.5 Å². The molecule has 2 aromatic carbocycles. The lowest BCUT2D eigenvalue weighted by Crippen LogP contribution is -2.22. The summed E-state index contributed by atoms with van der Waals surface area (Å²) in [6.07, 6.45) is -3.13. The van der Waals surface area contributed by atoms with Gasteiger partial charge in [-0.2, -0.15) is 13.2 Å². The van der Waals surface area contributed by atoms with Crippen molar-refractivity contribution in [3.63, 3.8) is 0 Å². The highest BCUT2D eigenvalue weighted by Crippen LogP contribution is 2.37. The van der Waals surface area contributed by atoms with E-state index in [-0.39, 0.29) is 18.0 Å². The van der Waals surface area contributed by atoms with E-state index in [4.69, 9.17) is 4.74 Å². The number of carbonyl (C=O) groups excluding carboxylic acids is 1. The van der Waals surface area contributed by atoms with Gasteiger partial charge < -0.3 is 20.3 Å². The van der Waals surface area contributed by atoms with Crippen LogP contribution in [0.4, 0.5) is 13.2 Å². The highest BCUT2D eigenvalue weighted by molar-refractivity contribution is 5.90. The topological polar surface area (TPSA) is 91.7 Å². The van der Waals surface area contributed by atoms with Crippen molar-refractivity contribution < 1.29 is 32.9 Å². The van der Waals surface area contributed by atoms with E-state index in [0.29, 0.717) is 22.0 Å². The van der Waals surface area contributed by atoms with Gasteiger partial charge in [-0.1, -0.05) is 12.6 Å². The van der Waals surface area contributed by atoms with Crippen molar-refractivity contribution in [2.45, 2.75) is 18.8 Å². The van der Waals surface area contributed by atoms with Crippen LogP contribution in [0.3, 0.4) is 0 Å². The van der Waals surface area contributed by atoms with E-state index in [1.54, 1.807) is 12.1 Å². The van der Waals surface area contributed by atoms with Crippen LogP contribution in [0.25, 0.3) is 10.9 Å². The Bertz CT molecular complexity index is 1100. The van der Waals surface area contributed by atoms with E-state index >= 15 is 0 Å². The van der Waals surface area contributed by atoms with Crippen LogP contribution < -0.4 is 10.1 Å². The minimum atomic E-state index is -4.47. The maximum Gasteiger partial charge on any atom is 0.416 e. The third-order valence-electron chi connectivity index (χ3n) is 4.54. The molecule has 0 saturated heterocycles. The van der Waals surface area contributed by atoms with Crippen LogP contribution in [0.15, 0.2) is 61.3 Å². The number of amides is 1. The fourth-order valence-corrected chi connectivity index (χ4v) is 3.10. The Hall–Kier alpha value is -3.43. The summed E-state index contributed by atoms with van der Waals surface area (Å²) in [4.78, 5) is 15.9. The van der Waals surface area contributed by atoms with Crippen molar-refractivity contribution in [1.82, 2.24) is 10.3 Å². The number of nitrogens with zero attached hydrogens (tertiary/aromatic N) is 1. The molecule has 6 nitrogen and oxygen atoms in total. The van der Waals surface area contributed by atoms with Gasteiger partial charge in [-0.05, 0) is 53.6 Å². The number of halogens is 3. The quantitative estimate of drug-likeness (QED) is 0.493. The molecule has 31 heavy (non-hydrogen) atoms. The molecule has 3 rings (SSSR count). The molecule has 0 aliphatic carbocycles. The van der Waals surface area contributed by atoms with Crippen molar-refractivity contribution in [1.29, 1.82) is 0 Å². The van der Waals surface area contributed by atoms with Crippen molar-refractivity contribution in [3.8, 4) is 11.5 Å². The number of rotatable bonds is 7. The first-order valence-corrected chi connectivity index (χ1v) is 9.19. The largest absolute Gasteiger partial charge is 0.455 e. The van der Waals surface area contributed by atoms with Crippen LogP contribution in [0, 0.1) is 0 Å². The van der Waals surface area contributed by atoms with Gasteiger partial charge in [0.25, 0.3) is 0 Å². The summed E-state index contributed by atoms with van der Waals surface area (Å²) < 4.78 is 44.2. The van der Waals surface area contributed by atoms with Crippen molar-refractivity contribution in [3.05, 3.63) is 78.0 Å². The molecule has 0 spiro atoms. The first-order chi connectivity index (χ1) is 14.7. The summed E-state index contributed by atoms with van der Waals surface area (Å²) in [5, 5.41) is 22.9. The number of pyridine rings is 1. The highest BCUT2D eigenvalue weighted by Gasteiger charge is 2.30. The van der Waals surface area contributed by atoms with Gasteiger partial charge >= 0.3 is 6.18 Å². The number of aliphatic hydroxyl groups is 2. The lowest BCUT2D eigenvalue weighted by Gasteiger charge is -2.19. The van der Waals surface area contributed by atoms with Gasteiger partial charge in [0.1, 0.15) is 17.4 Å². The number of carbonyl (C=O) groups is 1. The van der Waals surface area contributed by atoms with E-state index in [1.807, 2.05) is 0 Å². The van der Waals surface area contributed by atoms with E-state index < -0.39 is 30.4 Å². The van der Waals surface area contributed by atoms with Gasteiger partial charge in [0, 0.05) is 18.1 Å². The number of aliphatic hydroxyl groups excluding tert-OH is 2. The molecule has 0 unspecified atom stereocenters. The standard InChI is InChI=1S/C22H19F3N2O4/c1-2-19(30)27-11-13-10-18(31-15-7-5-14(6-8-15)22(23,24)25)21-16(4-3-9-26-21)20(13)17(29)12-28/h2-10,17,28-29H,1,11-12H2,(H,27,30)/t17-/m0/s1. The summed E-state index contributed by atoms with van der Waals surface area (Å²) in [5.41, 5.74) is 0.328. The minimum Gasteiger partial charge on any atom is -0.455 e. The fourth-order valence-electron chi connectivity index (χ4n) is 3.10. The Labute approximate surface area is 175 Å². The van der Waals surface area contributed by atoms with Crippen molar-refractivity contribution in [2.24, 2.45) is 0 Å². The van der Waals surface area contributed by atoms with E-state index in [9.17, 15) is 28.2 Å². The average molecular weight is 432 g/mol. The molecule has 1 aromatic heterocycles.